The quantitative estimate of drug-likeness (QED) is 0.604. The predicted octanol–water partition coefficient (Wildman–Crippen LogP) is 4.68. The zero-order valence-electron chi connectivity index (χ0n) is 16.9. The van der Waals surface area contributed by atoms with E-state index in [1.54, 1.807) is 12.4 Å². The molecule has 5 heteroatoms. The molecule has 0 fully saturated rings. The van der Waals surface area contributed by atoms with Crippen LogP contribution in [0.3, 0.4) is 0 Å². The highest BCUT2D eigenvalue weighted by Crippen LogP contribution is 2.40. The summed E-state index contributed by atoms with van der Waals surface area (Å²) < 4.78 is 0. The third-order valence-electron chi connectivity index (χ3n) is 5.16. The number of anilines is 2. The molecule has 0 radical (unpaired) electrons. The number of hydrogen-bond acceptors (Lipinski definition) is 4. The maximum absolute atomic E-state index is 13.1. The Morgan fingerprint density at radius 2 is 1.90 bits per heavy atom. The molecule has 0 bridgehead atoms. The van der Waals surface area contributed by atoms with E-state index < -0.39 is 0 Å². The maximum atomic E-state index is 13.1. The number of nitrogens with one attached hydrogen (secondary N) is 2. The number of carbonyl (C=O) groups excluding carboxylic acids is 1. The predicted molar refractivity (Wildman–Crippen MR) is 118 cm³/mol. The molecule has 3 aromatic rings. The van der Waals surface area contributed by atoms with Crippen molar-refractivity contribution in [3.8, 4) is 11.3 Å². The van der Waals surface area contributed by atoms with Crippen LogP contribution in [0.4, 0.5) is 11.4 Å². The van der Waals surface area contributed by atoms with Crippen LogP contribution in [0.15, 0.2) is 67.0 Å². The molecule has 29 heavy (non-hydrogen) atoms. The van der Waals surface area contributed by atoms with E-state index in [2.05, 4.69) is 32.3 Å². The fourth-order valence-corrected chi connectivity index (χ4v) is 3.81. The molecule has 4 rings (SSSR count). The number of Topliss-reactive ketones (excluding diaryl/α,β-unsaturated/α-hetero) is 1. The van der Waals surface area contributed by atoms with E-state index in [1.807, 2.05) is 56.6 Å². The van der Waals surface area contributed by atoms with Gasteiger partial charge in [0.2, 0.25) is 0 Å². The average Bonchev–Trinajstić information content (AvgIpc) is 3.08. The van der Waals surface area contributed by atoms with E-state index in [-0.39, 0.29) is 11.7 Å². The number of ketones is 1. The maximum Gasteiger partial charge on any atom is 0.167 e. The van der Waals surface area contributed by atoms with E-state index >= 15 is 0 Å². The highest BCUT2D eigenvalue weighted by atomic mass is 16.1. The van der Waals surface area contributed by atoms with Crippen molar-refractivity contribution in [3.63, 3.8) is 0 Å². The lowest BCUT2D eigenvalue weighted by molar-refractivity contribution is 0.0959. The minimum atomic E-state index is 0.181. The summed E-state index contributed by atoms with van der Waals surface area (Å²) in [5, 5.41) is 3.49. The number of H-pyrrole nitrogens is 1. The largest absolute Gasteiger partial charge is 0.356 e. The van der Waals surface area contributed by atoms with E-state index in [0.717, 1.165) is 46.9 Å². The number of likely N-dealkylation sites (N-methyl/N-ethyl adjacent to an activating group) is 1. The van der Waals surface area contributed by atoms with Crippen LogP contribution < -0.4 is 5.32 Å². The smallest absolute Gasteiger partial charge is 0.167 e. The minimum Gasteiger partial charge on any atom is -0.356 e. The molecule has 1 aliphatic carbocycles. The Kier molecular flexibility index (Phi) is 5.58. The summed E-state index contributed by atoms with van der Waals surface area (Å²) in [6.45, 7) is 0.880. The van der Waals surface area contributed by atoms with Crippen LogP contribution >= 0.6 is 0 Å². The fraction of sp³-hybridized carbons (Fsp3) is 0.250. The summed E-state index contributed by atoms with van der Waals surface area (Å²) in [5.41, 5.74) is 5.57. The van der Waals surface area contributed by atoms with Crippen LogP contribution in [0.5, 0.6) is 0 Å². The third kappa shape index (κ3) is 4.30. The lowest BCUT2D eigenvalue weighted by Crippen LogP contribution is -2.19. The zero-order chi connectivity index (χ0) is 20.2. The minimum absolute atomic E-state index is 0.181. The molecule has 1 aliphatic rings. The molecule has 0 spiro atoms. The molecule has 2 aromatic heterocycles. The van der Waals surface area contributed by atoms with Crippen LogP contribution in [0, 0.1) is 5.92 Å². The number of aromatic amines is 1. The van der Waals surface area contributed by atoms with Crippen LogP contribution in [-0.2, 0) is 6.42 Å². The van der Waals surface area contributed by atoms with Gasteiger partial charge in [0.15, 0.2) is 5.78 Å². The number of aromatic nitrogens is 2. The van der Waals surface area contributed by atoms with Gasteiger partial charge in [0.1, 0.15) is 0 Å². The highest BCUT2D eigenvalue weighted by molar-refractivity contribution is 6.07. The summed E-state index contributed by atoms with van der Waals surface area (Å²) in [6.07, 6.45) is 9.25. The molecule has 2 heterocycles. The number of carbonyl (C=O) groups is 1. The first-order valence-electron chi connectivity index (χ1n) is 9.93. The topological polar surface area (TPSA) is 61.0 Å². The Morgan fingerprint density at radius 1 is 1.14 bits per heavy atom. The van der Waals surface area contributed by atoms with Crippen LogP contribution in [0.1, 0.15) is 22.5 Å². The summed E-state index contributed by atoms with van der Waals surface area (Å²) in [7, 11) is 4.09. The number of para-hydroxylation sites is 1. The van der Waals surface area contributed by atoms with Gasteiger partial charge < -0.3 is 15.2 Å². The normalized spacial score (nSPS) is 16.4. The molecule has 1 atom stereocenters. The molecule has 0 saturated carbocycles. The number of rotatable bonds is 6. The van der Waals surface area contributed by atoms with Gasteiger partial charge in [0.05, 0.1) is 16.9 Å². The second-order valence-electron chi connectivity index (χ2n) is 7.74. The van der Waals surface area contributed by atoms with Crippen LogP contribution in [0.25, 0.3) is 11.3 Å². The lowest BCUT2D eigenvalue weighted by Gasteiger charge is -2.19. The molecular weight excluding hydrogens is 360 g/mol. The van der Waals surface area contributed by atoms with E-state index in [9.17, 15) is 4.79 Å². The zero-order valence-corrected chi connectivity index (χ0v) is 16.9. The molecule has 5 nitrogen and oxygen atoms in total. The van der Waals surface area contributed by atoms with Crippen molar-refractivity contribution in [1.29, 1.82) is 0 Å². The molecule has 1 unspecified atom stereocenters. The van der Waals surface area contributed by atoms with Crippen LogP contribution in [0.2, 0.25) is 0 Å². The number of nitrogens with zero attached hydrogens (tertiary/aromatic N) is 2. The van der Waals surface area contributed by atoms with Gasteiger partial charge in [-0.3, -0.25) is 9.78 Å². The van der Waals surface area contributed by atoms with Crippen molar-refractivity contribution in [2.24, 2.45) is 5.92 Å². The van der Waals surface area contributed by atoms with Gasteiger partial charge in [-0.1, -0.05) is 30.4 Å². The van der Waals surface area contributed by atoms with E-state index in [0.29, 0.717) is 6.42 Å². The monoisotopic (exact) mass is 386 g/mol. The molecular formula is C24H26N4O. The molecule has 0 amide bonds. The fourth-order valence-electron chi connectivity index (χ4n) is 3.81. The van der Waals surface area contributed by atoms with Crippen LogP contribution in [-0.4, -0.2) is 41.3 Å². The number of allylic oxidation sites excluding steroid dienone is 1. The number of hydrogen-bond donors (Lipinski definition) is 2. The first-order valence-corrected chi connectivity index (χ1v) is 9.93. The Bertz CT molecular complexity index is 1010. The number of fused-ring (bicyclic) bond motifs is 1. The number of benzene rings is 1. The lowest BCUT2D eigenvalue weighted by atomic mass is 9.86. The van der Waals surface area contributed by atoms with E-state index in [1.165, 1.54) is 0 Å². The Hall–Kier alpha value is -3.18. The first-order chi connectivity index (χ1) is 14.1. The molecule has 2 N–H and O–H groups in total. The van der Waals surface area contributed by atoms with Crippen molar-refractivity contribution in [2.45, 2.75) is 12.8 Å². The van der Waals surface area contributed by atoms with Gasteiger partial charge in [-0.15, -0.1) is 0 Å². The first kappa shape index (κ1) is 19.2. The summed E-state index contributed by atoms with van der Waals surface area (Å²) >= 11 is 0. The van der Waals surface area contributed by atoms with Gasteiger partial charge in [0.25, 0.3) is 0 Å². The second kappa shape index (κ2) is 8.45. The van der Waals surface area contributed by atoms with Crippen molar-refractivity contribution in [2.75, 3.05) is 26.0 Å². The van der Waals surface area contributed by atoms with Crippen molar-refractivity contribution < 1.29 is 4.79 Å². The molecule has 148 valence electrons. The average molecular weight is 386 g/mol. The standard InChI is InChI=1S/C24H26N4O/c1-28(2)14-6-7-17-15-20-22(21(29)16-17)24(26-19-8-4-3-5-9-19)23(27-20)18-10-12-25-13-11-18/h3-13,17,26-27H,14-16H2,1-2H3/b7-6+. The second-order valence-corrected chi connectivity index (χ2v) is 7.74. The van der Waals surface area contributed by atoms with Gasteiger partial charge >= 0.3 is 0 Å². The Morgan fingerprint density at radius 3 is 2.62 bits per heavy atom. The van der Waals surface area contributed by atoms with Crippen molar-refractivity contribution in [1.82, 2.24) is 14.9 Å². The summed E-state index contributed by atoms with van der Waals surface area (Å²) in [6, 6.07) is 13.9. The number of pyridine rings is 1. The van der Waals surface area contributed by atoms with E-state index in [4.69, 9.17) is 0 Å². The van der Waals surface area contributed by atoms with Gasteiger partial charge in [-0.25, -0.2) is 0 Å². The van der Waals surface area contributed by atoms with Gasteiger partial charge in [-0.2, -0.15) is 0 Å². The Balaban J connectivity index is 1.72. The Labute approximate surface area is 171 Å². The SMILES string of the molecule is CN(C)C/C=C/C1CC(=O)c2c([nH]c(-c3ccncc3)c2Nc2ccccc2)C1. The summed E-state index contributed by atoms with van der Waals surface area (Å²) in [5.74, 6) is 0.407. The molecule has 1 aromatic carbocycles. The van der Waals surface area contributed by atoms with Gasteiger partial charge in [-0.05, 0) is 50.7 Å². The molecule has 0 aliphatic heterocycles. The highest BCUT2D eigenvalue weighted by Gasteiger charge is 2.30. The third-order valence-corrected chi connectivity index (χ3v) is 5.16. The van der Waals surface area contributed by atoms with Gasteiger partial charge in [0, 0.05) is 42.3 Å². The summed E-state index contributed by atoms with van der Waals surface area (Å²) in [4.78, 5) is 22.9. The van der Waals surface area contributed by atoms with Crippen molar-refractivity contribution in [3.05, 3.63) is 78.3 Å². The molecule has 0 saturated heterocycles. The van der Waals surface area contributed by atoms with Crippen molar-refractivity contribution >= 4 is 17.2 Å².